The van der Waals surface area contributed by atoms with Gasteiger partial charge in [0.1, 0.15) is 31.6 Å². The second-order valence-corrected chi connectivity index (χ2v) is 6.04. The molecule has 28 heavy (non-hydrogen) atoms. The highest BCUT2D eigenvalue weighted by atomic mass is 16.7. The molecule has 0 bridgehead atoms. The minimum absolute atomic E-state index is 0.0693. The predicted molar refractivity (Wildman–Crippen MR) is 94.9 cm³/mol. The van der Waals surface area contributed by atoms with Gasteiger partial charge in [-0.05, 0) is 12.5 Å². The number of hydrogen-bond acceptors (Lipinski definition) is 9. The summed E-state index contributed by atoms with van der Waals surface area (Å²) in [5.41, 5.74) is -0.658. The lowest BCUT2D eigenvalue weighted by Gasteiger charge is -2.22. The van der Waals surface area contributed by atoms with E-state index < -0.39 is 30.2 Å². The number of carbonyl (C=O) groups is 1. The average molecular weight is 396 g/mol. The number of anilines is 1. The third-order valence-electron chi connectivity index (χ3n) is 3.99. The summed E-state index contributed by atoms with van der Waals surface area (Å²) < 4.78 is 22.8. The van der Waals surface area contributed by atoms with Crippen LogP contribution in [0.3, 0.4) is 0 Å². The SMILES string of the molecule is CCC1OC(n2ccc(NC(C)=O)nc2=O)C(OCOCOCCC#N)[C@H]1O. The van der Waals surface area contributed by atoms with Crippen LogP contribution in [-0.2, 0) is 23.7 Å². The Balaban J connectivity index is 2.03. The molecule has 11 nitrogen and oxygen atoms in total. The molecular weight excluding hydrogens is 372 g/mol. The first-order valence-electron chi connectivity index (χ1n) is 8.82. The number of nitrogens with zero attached hydrogens (tertiary/aromatic N) is 3. The van der Waals surface area contributed by atoms with Crippen LogP contribution in [0.1, 0.15) is 32.9 Å². The highest BCUT2D eigenvalue weighted by molar-refractivity contribution is 5.87. The fourth-order valence-corrected chi connectivity index (χ4v) is 2.71. The number of rotatable bonds is 10. The van der Waals surface area contributed by atoms with Gasteiger partial charge < -0.3 is 29.4 Å². The van der Waals surface area contributed by atoms with E-state index in [1.54, 1.807) is 0 Å². The quantitative estimate of drug-likeness (QED) is 0.416. The van der Waals surface area contributed by atoms with Crippen LogP contribution < -0.4 is 11.0 Å². The van der Waals surface area contributed by atoms with Crippen molar-refractivity contribution in [2.45, 2.75) is 51.2 Å². The normalized spacial score (nSPS) is 24.1. The first-order chi connectivity index (χ1) is 13.5. The van der Waals surface area contributed by atoms with Gasteiger partial charge in [-0.2, -0.15) is 10.2 Å². The second-order valence-electron chi connectivity index (χ2n) is 6.04. The Labute approximate surface area is 161 Å². The summed E-state index contributed by atoms with van der Waals surface area (Å²) in [7, 11) is 0. The van der Waals surface area contributed by atoms with Crippen molar-refractivity contribution in [3.05, 3.63) is 22.7 Å². The lowest BCUT2D eigenvalue weighted by molar-refractivity contribution is -0.175. The summed E-state index contributed by atoms with van der Waals surface area (Å²) in [5, 5.41) is 21.3. The molecule has 0 aromatic carbocycles. The van der Waals surface area contributed by atoms with E-state index in [1.807, 2.05) is 13.0 Å². The Morgan fingerprint density at radius 1 is 1.46 bits per heavy atom. The molecule has 0 spiro atoms. The van der Waals surface area contributed by atoms with Crippen molar-refractivity contribution in [1.29, 1.82) is 5.26 Å². The van der Waals surface area contributed by atoms with Crippen molar-refractivity contribution in [2.24, 2.45) is 0 Å². The van der Waals surface area contributed by atoms with Gasteiger partial charge in [0.25, 0.3) is 0 Å². The van der Waals surface area contributed by atoms with E-state index in [9.17, 15) is 14.7 Å². The minimum atomic E-state index is -0.972. The molecule has 4 atom stereocenters. The van der Waals surface area contributed by atoms with E-state index >= 15 is 0 Å². The maximum Gasteiger partial charge on any atom is 0.351 e. The van der Waals surface area contributed by atoms with Crippen molar-refractivity contribution in [1.82, 2.24) is 9.55 Å². The summed E-state index contributed by atoms with van der Waals surface area (Å²) in [6.07, 6.45) is -1.09. The van der Waals surface area contributed by atoms with Crippen LogP contribution in [0.2, 0.25) is 0 Å². The molecule has 1 aromatic rings. The zero-order chi connectivity index (χ0) is 20.5. The zero-order valence-electron chi connectivity index (χ0n) is 15.7. The molecule has 0 saturated carbocycles. The van der Waals surface area contributed by atoms with Gasteiger partial charge in [0.2, 0.25) is 5.91 Å². The molecule has 2 heterocycles. The summed E-state index contributed by atoms with van der Waals surface area (Å²) >= 11 is 0. The van der Waals surface area contributed by atoms with Crippen LogP contribution >= 0.6 is 0 Å². The van der Waals surface area contributed by atoms with Crippen molar-refractivity contribution in [3.8, 4) is 6.07 Å². The molecule has 1 amide bonds. The summed E-state index contributed by atoms with van der Waals surface area (Å²) in [5.74, 6) is -0.228. The average Bonchev–Trinajstić information content (AvgIpc) is 2.96. The number of nitriles is 1. The first kappa shape index (κ1) is 21.9. The molecule has 1 aromatic heterocycles. The van der Waals surface area contributed by atoms with Crippen LogP contribution in [0, 0.1) is 11.3 Å². The Kier molecular flexibility index (Phi) is 8.49. The van der Waals surface area contributed by atoms with Crippen LogP contribution in [0.4, 0.5) is 5.82 Å². The Morgan fingerprint density at radius 3 is 2.89 bits per heavy atom. The van der Waals surface area contributed by atoms with E-state index in [4.69, 9.17) is 24.2 Å². The van der Waals surface area contributed by atoms with Gasteiger partial charge in [0.15, 0.2) is 6.23 Å². The fraction of sp³-hybridized carbons (Fsp3) is 0.647. The van der Waals surface area contributed by atoms with Gasteiger partial charge in [-0.1, -0.05) is 6.92 Å². The van der Waals surface area contributed by atoms with Gasteiger partial charge in [0.05, 0.1) is 25.2 Å². The minimum Gasteiger partial charge on any atom is -0.388 e. The highest BCUT2D eigenvalue weighted by Gasteiger charge is 2.45. The van der Waals surface area contributed by atoms with Crippen molar-refractivity contribution < 1.29 is 28.8 Å². The smallest absolute Gasteiger partial charge is 0.351 e. The van der Waals surface area contributed by atoms with E-state index in [1.165, 1.54) is 23.8 Å². The number of hydrogen-bond donors (Lipinski definition) is 2. The molecule has 2 N–H and O–H groups in total. The molecule has 0 aliphatic carbocycles. The van der Waals surface area contributed by atoms with Crippen LogP contribution in [0.25, 0.3) is 0 Å². The van der Waals surface area contributed by atoms with Crippen LogP contribution in [-0.4, -0.2) is 59.1 Å². The van der Waals surface area contributed by atoms with Crippen LogP contribution in [0.5, 0.6) is 0 Å². The summed E-state index contributed by atoms with van der Waals surface area (Å²) in [4.78, 5) is 27.2. The fourth-order valence-electron chi connectivity index (χ4n) is 2.71. The maximum absolute atomic E-state index is 12.3. The Morgan fingerprint density at radius 2 is 2.25 bits per heavy atom. The van der Waals surface area contributed by atoms with Crippen molar-refractivity contribution in [2.75, 3.05) is 25.5 Å². The van der Waals surface area contributed by atoms with Crippen molar-refractivity contribution in [3.63, 3.8) is 0 Å². The number of aliphatic hydroxyl groups excluding tert-OH is 1. The van der Waals surface area contributed by atoms with Gasteiger partial charge in [-0.25, -0.2) is 4.79 Å². The first-order valence-corrected chi connectivity index (χ1v) is 8.82. The van der Waals surface area contributed by atoms with E-state index in [2.05, 4.69) is 10.3 Å². The van der Waals surface area contributed by atoms with Gasteiger partial charge in [-0.3, -0.25) is 9.36 Å². The second kappa shape index (κ2) is 10.8. The largest absolute Gasteiger partial charge is 0.388 e. The summed E-state index contributed by atoms with van der Waals surface area (Å²) in [6, 6.07) is 3.39. The monoisotopic (exact) mass is 396 g/mol. The number of nitrogens with one attached hydrogen (secondary N) is 1. The third kappa shape index (κ3) is 5.82. The van der Waals surface area contributed by atoms with Crippen molar-refractivity contribution >= 4 is 11.7 Å². The molecule has 0 radical (unpaired) electrons. The standard InChI is InChI=1S/C17H24N4O7/c1-3-12-14(23)15(27-10-26-9-25-8-4-6-18)16(28-12)21-7-5-13(19-11(2)22)20-17(21)24/h5,7,12,14-16,23H,3-4,8-10H2,1-2H3,(H,19,20,22,24)/t12?,14-,15?,16?/m0/s1. The number of amides is 1. The number of aliphatic hydroxyl groups is 1. The third-order valence-corrected chi connectivity index (χ3v) is 3.99. The molecular formula is C17H24N4O7. The molecule has 1 aliphatic rings. The van der Waals surface area contributed by atoms with Gasteiger partial charge >= 0.3 is 5.69 Å². The molecule has 1 aliphatic heterocycles. The molecule has 11 heteroatoms. The number of aromatic nitrogens is 2. The van der Waals surface area contributed by atoms with Gasteiger partial charge in [-0.15, -0.1) is 0 Å². The van der Waals surface area contributed by atoms with Crippen LogP contribution in [0.15, 0.2) is 17.1 Å². The topological polar surface area (TPSA) is 145 Å². The molecule has 3 unspecified atom stereocenters. The molecule has 1 fully saturated rings. The molecule has 154 valence electrons. The lowest BCUT2D eigenvalue weighted by Crippen LogP contribution is -2.38. The predicted octanol–water partition coefficient (Wildman–Crippen LogP) is 0.117. The Hall–Kier alpha value is -2.36. The Bertz CT molecular complexity index is 748. The van der Waals surface area contributed by atoms with E-state index in [0.717, 1.165) is 0 Å². The molecule has 2 rings (SSSR count). The van der Waals surface area contributed by atoms with E-state index in [0.29, 0.717) is 6.42 Å². The highest BCUT2D eigenvalue weighted by Crippen LogP contribution is 2.32. The van der Waals surface area contributed by atoms with Gasteiger partial charge in [0, 0.05) is 13.1 Å². The zero-order valence-corrected chi connectivity index (χ0v) is 15.7. The summed E-state index contributed by atoms with van der Waals surface area (Å²) in [6.45, 7) is 3.13. The maximum atomic E-state index is 12.3. The number of carbonyl (C=O) groups excluding carboxylic acids is 1. The lowest BCUT2D eigenvalue weighted by atomic mass is 10.1. The molecule has 1 saturated heterocycles. The number of ether oxygens (including phenoxy) is 4. The van der Waals surface area contributed by atoms with E-state index in [-0.39, 0.29) is 38.3 Å².